The number of piperidine rings is 1. The van der Waals surface area contributed by atoms with Gasteiger partial charge in [0.25, 0.3) is 5.91 Å². The molecule has 302 valence electrons. The Bertz CT molecular complexity index is 2420. The first-order valence-corrected chi connectivity index (χ1v) is 20.1. The van der Waals surface area contributed by atoms with Crippen LogP contribution in [0.3, 0.4) is 0 Å². The topological polar surface area (TPSA) is 140 Å². The number of carbonyl (C=O) groups is 3. The molecule has 0 saturated carbocycles. The number of rotatable bonds is 6. The van der Waals surface area contributed by atoms with E-state index in [4.69, 9.17) is 14.7 Å². The van der Waals surface area contributed by atoms with Crippen LogP contribution in [0.4, 0.5) is 14.7 Å². The van der Waals surface area contributed by atoms with Crippen LogP contribution in [-0.4, -0.2) is 91.2 Å². The Balaban J connectivity index is 0.842. The monoisotopic (exact) mass is 791 g/mol. The summed E-state index contributed by atoms with van der Waals surface area (Å²) in [5.74, 6) is -2.37. The van der Waals surface area contributed by atoms with E-state index in [0.29, 0.717) is 60.5 Å². The Labute approximate surface area is 334 Å². The van der Waals surface area contributed by atoms with Crippen LogP contribution in [-0.2, 0) is 36.1 Å². The number of aryl methyl sites for hydroxylation is 2. The van der Waals surface area contributed by atoms with Crippen molar-refractivity contribution < 1.29 is 27.9 Å². The summed E-state index contributed by atoms with van der Waals surface area (Å²) in [4.78, 5) is 51.9. The molecule has 58 heavy (non-hydrogen) atoms. The minimum Gasteiger partial charge on any atom is -0.477 e. The summed E-state index contributed by atoms with van der Waals surface area (Å²) in [7, 11) is 1.84. The summed E-state index contributed by atoms with van der Waals surface area (Å²) >= 11 is 0. The Morgan fingerprint density at radius 2 is 1.71 bits per heavy atom. The van der Waals surface area contributed by atoms with Crippen molar-refractivity contribution in [2.24, 2.45) is 18.4 Å². The standard InChI is InChI=1S/C43H47F2N9O4/c1-25-5-4-12-58-41-31(18-46-51(41)3)35-17-29(13-26(2)47-35)39(56)50-42-48-34-8-6-28(16-36(34)54(42)19-25)20-53-23-43(24-53)21-52(22-43)11-10-27-14-32(44)38(33(45)15-27)30-7-9-37(55)49-40(30)57/h6,8,13-18,25,30H,4-5,7,9-12,19-24H2,1-3H3,(H,48,50,56)(H,49,55,57)/t25-,30-/m1/s1. The first-order valence-electron chi connectivity index (χ1n) is 20.1. The van der Waals surface area contributed by atoms with Gasteiger partial charge in [0.15, 0.2) is 0 Å². The molecule has 3 aromatic heterocycles. The van der Waals surface area contributed by atoms with Crippen LogP contribution in [0, 0.1) is 29.9 Å². The highest BCUT2D eigenvalue weighted by Gasteiger charge is 2.51. The van der Waals surface area contributed by atoms with Crippen LogP contribution >= 0.6 is 0 Å². The van der Waals surface area contributed by atoms with E-state index in [-0.39, 0.29) is 35.6 Å². The zero-order chi connectivity index (χ0) is 40.3. The quantitative estimate of drug-likeness (QED) is 0.218. The lowest BCUT2D eigenvalue weighted by Crippen LogP contribution is -2.71. The average Bonchev–Trinajstić information content (AvgIpc) is 3.68. The Kier molecular flexibility index (Phi) is 9.83. The number of aromatic nitrogens is 5. The van der Waals surface area contributed by atoms with E-state index in [0.717, 1.165) is 62.2 Å². The highest BCUT2D eigenvalue weighted by atomic mass is 19.1. The van der Waals surface area contributed by atoms with Crippen molar-refractivity contribution in [3.8, 4) is 17.1 Å². The lowest BCUT2D eigenvalue weighted by Gasteiger charge is -2.60. The molecule has 9 rings (SSSR count). The summed E-state index contributed by atoms with van der Waals surface area (Å²) in [5.41, 5.74) is 6.05. The minimum atomic E-state index is -0.996. The van der Waals surface area contributed by atoms with Gasteiger partial charge in [-0.15, -0.1) is 0 Å². The van der Waals surface area contributed by atoms with Crippen LogP contribution in [0.5, 0.6) is 5.88 Å². The molecular weight excluding hydrogens is 745 g/mol. The number of pyridine rings is 1. The summed E-state index contributed by atoms with van der Waals surface area (Å²) < 4.78 is 40.2. The highest BCUT2D eigenvalue weighted by Crippen LogP contribution is 2.41. The number of likely N-dealkylation sites (tertiary alicyclic amines) is 2. The number of benzene rings is 2. The second kappa shape index (κ2) is 15.0. The summed E-state index contributed by atoms with van der Waals surface area (Å²) in [5, 5.41) is 9.70. The van der Waals surface area contributed by atoms with E-state index in [9.17, 15) is 14.4 Å². The van der Waals surface area contributed by atoms with E-state index >= 15 is 8.78 Å². The molecule has 2 atom stereocenters. The fraction of sp³-hybridized carbons (Fsp3) is 0.442. The van der Waals surface area contributed by atoms with Crippen molar-refractivity contribution in [1.29, 1.82) is 0 Å². The van der Waals surface area contributed by atoms with Gasteiger partial charge in [-0.25, -0.2) is 18.4 Å². The molecule has 7 heterocycles. The van der Waals surface area contributed by atoms with Crippen LogP contribution in [0.15, 0.2) is 48.7 Å². The number of hydrogen-bond donors (Lipinski definition) is 2. The van der Waals surface area contributed by atoms with Crippen LogP contribution in [0.2, 0.25) is 0 Å². The van der Waals surface area contributed by atoms with Crippen molar-refractivity contribution in [3.05, 3.63) is 88.2 Å². The predicted octanol–water partition coefficient (Wildman–Crippen LogP) is 5.36. The fourth-order valence-electron chi connectivity index (χ4n) is 9.34. The smallest absolute Gasteiger partial charge is 0.258 e. The minimum absolute atomic E-state index is 0.0634. The average molecular weight is 792 g/mol. The molecule has 13 nitrogen and oxygen atoms in total. The molecule has 15 heteroatoms. The van der Waals surface area contributed by atoms with Gasteiger partial charge in [-0.1, -0.05) is 13.0 Å². The molecular formula is C43H47F2N9O4. The number of fused-ring (bicyclic) bond motifs is 7. The number of imidazole rings is 1. The number of anilines is 1. The number of nitrogens with zero attached hydrogens (tertiary/aromatic N) is 7. The SMILES string of the molecule is Cc1cc2cc(n1)-c1cnn(C)c1OCCC[C@@H](C)Cn1c(nc3ccc(CN4CC5(CN(CCc6cc(F)c([C@H]7CCC(=O)NC7=O)c(F)c6)C5)C4)cc31)NC2=O. The number of nitrogens with one attached hydrogen (secondary N) is 2. The lowest BCUT2D eigenvalue weighted by molar-refractivity contribution is -0.134. The molecule has 2 N–H and O–H groups in total. The van der Waals surface area contributed by atoms with Crippen molar-refractivity contribution in [3.63, 3.8) is 0 Å². The summed E-state index contributed by atoms with van der Waals surface area (Å²) in [6, 6.07) is 12.5. The van der Waals surface area contributed by atoms with Crippen molar-refractivity contribution in [2.45, 2.75) is 65.0 Å². The normalized spacial score (nSPS) is 21.2. The van der Waals surface area contributed by atoms with Gasteiger partial charge >= 0.3 is 0 Å². The molecule has 3 amide bonds. The van der Waals surface area contributed by atoms with Gasteiger partial charge in [-0.05, 0) is 86.1 Å². The molecule has 1 spiro atoms. The third-order valence-corrected chi connectivity index (χ3v) is 12.1. The van der Waals surface area contributed by atoms with Gasteiger partial charge in [-0.2, -0.15) is 5.10 Å². The molecule has 3 saturated heterocycles. The van der Waals surface area contributed by atoms with Gasteiger partial charge in [0.05, 0.1) is 41.0 Å². The predicted molar refractivity (Wildman–Crippen MR) is 212 cm³/mol. The first kappa shape index (κ1) is 38.0. The number of ether oxygens (including phenoxy) is 1. The third-order valence-electron chi connectivity index (χ3n) is 12.1. The van der Waals surface area contributed by atoms with Gasteiger partial charge in [0, 0.05) is 81.5 Å². The first-order chi connectivity index (χ1) is 27.9. The number of hydrogen-bond acceptors (Lipinski definition) is 9. The maximum Gasteiger partial charge on any atom is 0.258 e. The van der Waals surface area contributed by atoms with E-state index in [1.54, 1.807) is 23.0 Å². The van der Waals surface area contributed by atoms with Gasteiger partial charge < -0.3 is 14.2 Å². The molecule has 4 aliphatic rings. The molecule has 0 radical (unpaired) electrons. The molecule has 4 aliphatic heterocycles. The molecule has 2 bridgehead atoms. The Hall–Kier alpha value is -5.54. The number of halogens is 2. The second-order valence-electron chi connectivity index (χ2n) is 16.9. The summed E-state index contributed by atoms with van der Waals surface area (Å²) in [6.45, 7) is 10.6. The Morgan fingerprint density at radius 1 is 0.931 bits per heavy atom. The van der Waals surface area contributed by atoms with Gasteiger partial charge in [0.1, 0.15) is 11.6 Å². The van der Waals surface area contributed by atoms with Crippen molar-refractivity contribution in [1.82, 2.24) is 39.4 Å². The summed E-state index contributed by atoms with van der Waals surface area (Å²) in [6.07, 6.45) is 4.16. The number of carbonyl (C=O) groups excluding carboxylic acids is 3. The number of imide groups is 1. The highest BCUT2D eigenvalue weighted by molar-refractivity contribution is 6.05. The molecule has 5 aromatic rings. The zero-order valence-corrected chi connectivity index (χ0v) is 33.0. The zero-order valence-electron chi connectivity index (χ0n) is 33.0. The largest absolute Gasteiger partial charge is 0.477 e. The van der Waals surface area contributed by atoms with Crippen molar-refractivity contribution >= 4 is 34.7 Å². The second-order valence-corrected chi connectivity index (χ2v) is 16.9. The Morgan fingerprint density at radius 3 is 2.48 bits per heavy atom. The molecule has 0 unspecified atom stereocenters. The van der Waals surface area contributed by atoms with E-state index in [1.165, 1.54) is 17.7 Å². The fourth-order valence-corrected chi connectivity index (χ4v) is 9.34. The molecule has 2 aromatic carbocycles. The maximum absolute atomic E-state index is 15.0. The van der Waals surface area contributed by atoms with Crippen molar-refractivity contribution in [2.75, 3.05) is 44.6 Å². The number of amides is 3. The maximum atomic E-state index is 15.0. The third kappa shape index (κ3) is 7.37. The van der Waals surface area contributed by atoms with Gasteiger partial charge in [0.2, 0.25) is 23.6 Å². The van der Waals surface area contributed by atoms with E-state index < -0.39 is 29.4 Å². The molecule has 0 aliphatic carbocycles. The van der Waals surface area contributed by atoms with Crippen LogP contribution in [0.25, 0.3) is 22.3 Å². The van der Waals surface area contributed by atoms with Crippen LogP contribution in [0.1, 0.15) is 71.3 Å². The van der Waals surface area contributed by atoms with E-state index in [1.807, 2.05) is 20.0 Å². The lowest BCUT2D eigenvalue weighted by atomic mass is 9.72. The molecule has 3 fully saturated rings. The van der Waals surface area contributed by atoms with Crippen LogP contribution < -0.4 is 15.4 Å². The van der Waals surface area contributed by atoms with E-state index in [2.05, 4.69) is 49.2 Å². The van der Waals surface area contributed by atoms with Gasteiger partial charge in [-0.3, -0.25) is 34.9 Å².